The second-order valence-electron chi connectivity index (χ2n) is 5.53. The molecule has 132 valence electrons. The molecule has 0 saturated heterocycles. The molecule has 26 heavy (non-hydrogen) atoms. The van der Waals surface area contributed by atoms with Gasteiger partial charge in [-0.15, -0.1) is 0 Å². The maximum Gasteiger partial charge on any atom is 0.170 e. The molecule has 0 aliphatic carbocycles. The van der Waals surface area contributed by atoms with Crippen LogP contribution in [-0.4, -0.2) is 13.3 Å². The standard InChI is InChI=1S/C21H19ClN2O2/c1-25-20-9-5-6-17(14-23-24-19-7-3-2-4-8-19)21(20)26-15-16-10-12-18(22)13-11-16/h2-14,24H,15H2,1H3. The van der Waals surface area contributed by atoms with Gasteiger partial charge in [-0.2, -0.15) is 5.10 Å². The molecule has 3 rings (SSSR count). The van der Waals surface area contributed by atoms with Crippen molar-refractivity contribution >= 4 is 23.5 Å². The Hall–Kier alpha value is -2.98. The molecule has 0 aromatic heterocycles. The van der Waals surface area contributed by atoms with Crippen LogP contribution in [-0.2, 0) is 6.61 Å². The van der Waals surface area contributed by atoms with Gasteiger partial charge in [-0.25, -0.2) is 0 Å². The van der Waals surface area contributed by atoms with Crippen molar-refractivity contribution in [1.82, 2.24) is 0 Å². The molecule has 0 unspecified atom stereocenters. The first-order valence-corrected chi connectivity index (χ1v) is 8.52. The molecule has 0 amide bonds. The van der Waals surface area contributed by atoms with Gasteiger partial charge >= 0.3 is 0 Å². The van der Waals surface area contributed by atoms with Crippen LogP contribution in [0.2, 0.25) is 5.02 Å². The minimum Gasteiger partial charge on any atom is -0.493 e. The fourth-order valence-corrected chi connectivity index (χ4v) is 2.50. The predicted molar refractivity (Wildman–Crippen MR) is 106 cm³/mol. The lowest BCUT2D eigenvalue weighted by atomic mass is 10.2. The van der Waals surface area contributed by atoms with Crippen molar-refractivity contribution < 1.29 is 9.47 Å². The van der Waals surface area contributed by atoms with Crippen LogP contribution in [0.1, 0.15) is 11.1 Å². The van der Waals surface area contributed by atoms with Gasteiger partial charge in [0.2, 0.25) is 0 Å². The van der Waals surface area contributed by atoms with Crippen molar-refractivity contribution in [3.63, 3.8) is 0 Å². The molecule has 3 aromatic carbocycles. The zero-order chi connectivity index (χ0) is 18.2. The number of rotatable bonds is 7. The average molecular weight is 367 g/mol. The van der Waals surface area contributed by atoms with Gasteiger partial charge < -0.3 is 9.47 Å². The van der Waals surface area contributed by atoms with Crippen molar-refractivity contribution in [3.8, 4) is 11.5 Å². The van der Waals surface area contributed by atoms with Crippen LogP contribution in [0.4, 0.5) is 5.69 Å². The number of hydrogen-bond acceptors (Lipinski definition) is 4. The first-order valence-electron chi connectivity index (χ1n) is 8.14. The lowest BCUT2D eigenvalue weighted by Crippen LogP contribution is -2.01. The van der Waals surface area contributed by atoms with Gasteiger partial charge in [0.25, 0.3) is 0 Å². The number of para-hydroxylation sites is 2. The third-order valence-electron chi connectivity index (χ3n) is 3.70. The number of ether oxygens (including phenoxy) is 2. The highest BCUT2D eigenvalue weighted by Crippen LogP contribution is 2.31. The topological polar surface area (TPSA) is 42.8 Å². The maximum atomic E-state index is 6.00. The van der Waals surface area contributed by atoms with E-state index in [-0.39, 0.29) is 0 Å². The van der Waals surface area contributed by atoms with Crippen molar-refractivity contribution in [2.75, 3.05) is 12.5 Å². The van der Waals surface area contributed by atoms with Crippen LogP contribution >= 0.6 is 11.6 Å². The van der Waals surface area contributed by atoms with Crippen molar-refractivity contribution in [2.45, 2.75) is 6.61 Å². The van der Waals surface area contributed by atoms with Crippen LogP contribution in [0.15, 0.2) is 77.9 Å². The van der Waals surface area contributed by atoms with E-state index < -0.39 is 0 Å². The highest BCUT2D eigenvalue weighted by Gasteiger charge is 2.09. The molecule has 0 spiro atoms. The normalized spacial score (nSPS) is 10.7. The Labute approximate surface area is 158 Å². The number of nitrogens with one attached hydrogen (secondary N) is 1. The Morgan fingerprint density at radius 1 is 0.962 bits per heavy atom. The Morgan fingerprint density at radius 3 is 2.46 bits per heavy atom. The molecule has 0 fully saturated rings. The van der Waals surface area contributed by atoms with Crippen molar-refractivity contribution in [1.29, 1.82) is 0 Å². The minimum absolute atomic E-state index is 0.407. The summed E-state index contributed by atoms with van der Waals surface area (Å²) in [5.74, 6) is 1.30. The first-order chi connectivity index (χ1) is 12.8. The van der Waals surface area contributed by atoms with Crippen LogP contribution < -0.4 is 14.9 Å². The van der Waals surface area contributed by atoms with E-state index in [1.54, 1.807) is 13.3 Å². The third-order valence-corrected chi connectivity index (χ3v) is 3.95. The molecule has 0 atom stereocenters. The van der Waals surface area contributed by atoms with E-state index in [0.29, 0.717) is 23.1 Å². The number of nitrogens with zero attached hydrogens (tertiary/aromatic N) is 1. The Bertz CT molecular complexity index is 865. The van der Waals surface area contributed by atoms with Gasteiger partial charge in [0.1, 0.15) is 6.61 Å². The monoisotopic (exact) mass is 366 g/mol. The van der Waals surface area contributed by atoms with E-state index in [2.05, 4.69) is 10.5 Å². The van der Waals surface area contributed by atoms with E-state index in [0.717, 1.165) is 16.8 Å². The lowest BCUT2D eigenvalue weighted by molar-refractivity contribution is 0.284. The first kappa shape index (κ1) is 17.8. The van der Waals surface area contributed by atoms with Gasteiger partial charge in [0, 0.05) is 10.6 Å². The van der Waals surface area contributed by atoms with Gasteiger partial charge in [-0.1, -0.05) is 48.0 Å². The summed E-state index contributed by atoms with van der Waals surface area (Å²) in [6.07, 6.45) is 1.71. The van der Waals surface area contributed by atoms with E-state index in [1.165, 1.54) is 0 Å². The molecular formula is C21H19ClN2O2. The SMILES string of the molecule is COc1cccc(C=NNc2ccccc2)c1OCc1ccc(Cl)cc1. The zero-order valence-electron chi connectivity index (χ0n) is 14.4. The van der Waals surface area contributed by atoms with Crippen LogP contribution in [0, 0.1) is 0 Å². The average Bonchev–Trinajstić information content (AvgIpc) is 2.69. The molecule has 0 bridgehead atoms. The number of hydrazone groups is 1. The fourth-order valence-electron chi connectivity index (χ4n) is 2.37. The van der Waals surface area contributed by atoms with E-state index in [4.69, 9.17) is 21.1 Å². The molecular weight excluding hydrogens is 348 g/mol. The summed E-state index contributed by atoms with van der Waals surface area (Å²) < 4.78 is 11.4. The maximum absolute atomic E-state index is 6.00. The van der Waals surface area contributed by atoms with E-state index in [9.17, 15) is 0 Å². The number of halogens is 1. The zero-order valence-corrected chi connectivity index (χ0v) is 15.1. The second kappa shape index (κ2) is 8.92. The highest BCUT2D eigenvalue weighted by atomic mass is 35.5. The largest absolute Gasteiger partial charge is 0.493 e. The van der Waals surface area contributed by atoms with Crippen LogP contribution in [0.3, 0.4) is 0 Å². The Balaban J connectivity index is 1.75. The second-order valence-corrected chi connectivity index (χ2v) is 5.97. The molecule has 3 aromatic rings. The lowest BCUT2D eigenvalue weighted by Gasteiger charge is -2.13. The number of methoxy groups -OCH3 is 1. The summed E-state index contributed by atoms with van der Waals surface area (Å²) in [4.78, 5) is 0. The molecule has 0 heterocycles. The number of hydrogen-bond donors (Lipinski definition) is 1. The quantitative estimate of drug-likeness (QED) is 0.451. The summed E-state index contributed by atoms with van der Waals surface area (Å²) in [6.45, 7) is 0.407. The van der Waals surface area contributed by atoms with Gasteiger partial charge in [0.15, 0.2) is 11.5 Å². The molecule has 0 aliphatic heterocycles. The van der Waals surface area contributed by atoms with Crippen LogP contribution in [0.25, 0.3) is 0 Å². The Morgan fingerprint density at radius 2 is 1.73 bits per heavy atom. The fraction of sp³-hybridized carbons (Fsp3) is 0.0952. The van der Waals surface area contributed by atoms with Crippen molar-refractivity contribution in [3.05, 3.63) is 88.9 Å². The van der Waals surface area contributed by atoms with Crippen molar-refractivity contribution in [2.24, 2.45) is 5.10 Å². The summed E-state index contributed by atoms with van der Waals surface area (Å²) >= 11 is 5.92. The summed E-state index contributed by atoms with van der Waals surface area (Å²) in [7, 11) is 1.62. The number of anilines is 1. The van der Waals surface area contributed by atoms with E-state index >= 15 is 0 Å². The summed E-state index contributed by atoms with van der Waals surface area (Å²) in [5, 5.41) is 4.99. The summed E-state index contributed by atoms with van der Waals surface area (Å²) in [5.41, 5.74) is 5.75. The van der Waals surface area contributed by atoms with Gasteiger partial charge in [-0.3, -0.25) is 5.43 Å². The minimum atomic E-state index is 0.407. The number of benzene rings is 3. The highest BCUT2D eigenvalue weighted by molar-refractivity contribution is 6.30. The third kappa shape index (κ3) is 4.77. The van der Waals surface area contributed by atoms with Crippen LogP contribution in [0.5, 0.6) is 11.5 Å². The molecule has 0 aliphatic rings. The molecule has 0 radical (unpaired) electrons. The van der Waals surface area contributed by atoms with Gasteiger partial charge in [-0.05, 0) is 42.0 Å². The molecule has 4 nitrogen and oxygen atoms in total. The summed E-state index contributed by atoms with van der Waals surface area (Å²) in [6, 6.07) is 23.0. The van der Waals surface area contributed by atoms with E-state index in [1.807, 2.05) is 72.8 Å². The molecule has 0 saturated carbocycles. The molecule has 5 heteroatoms. The Kier molecular flexibility index (Phi) is 6.12. The smallest absolute Gasteiger partial charge is 0.170 e. The molecule has 1 N–H and O–H groups in total. The predicted octanol–water partition coefficient (Wildman–Crippen LogP) is 5.37. The van der Waals surface area contributed by atoms with Gasteiger partial charge in [0.05, 0.1) is 19.0 Å².